The minimum absolute atomic E-state index is 0.00814. The summed E-state index contributed by atoms with van der Waals surface area (Å²) in [6.45, 7) is 16.7. The van der Waals surface area contributed by atoms with E-state index in [1.165, 1.54) is 0 Å². The Balaban J connectivity index is 3.45. The number of hydrogen-bond donors (Lipinski definition) is 3. The van der Waals surface area contributed by atoms with Crippen LogP contribution in [0.25, 0.3) is 0 Å². The molecule has 0 aromatic carbocycles. The minimum atomic E-state index is -4.19. The first-order valence-electron chi connectivity index (χ1n) is 15.6. The second kappa shape index (κ2) is 22.1. The van der Waals surface area contributed by atoms with E-state index in [0.29, 0.717) is 0 Å². The van der Waals surface area contributed by atoms with Crippen LogP contribution in [0.5, 0.6) is 0 Å². The summed E-state index contributed by atoms with van der Waals surface area (Å²) in [6.07, 6.45) is 0. The van der Waals surface area contributed by atoms with Crippen LogP contribution in [0.4, 0.5) is 5.95 Å². The summed E-state index contributed by atoms with van der Waals surface area (Å²) in [5.41, 5.74) is 4.05. The molecule has 282 valence electrons. The Morgan fingerprint density at radius 2 is 1.00 bits per heavy atom. The summed E-state index contributed by atoms with van der Waals surface area (Å²) < 4.78 is 96.6. The van der Waals surface area contributed by atoms with Gasteiger partial charge in [0, 0.05) is 13.1 Å². The Morgan fingerprint density at radius 1 is 0.612 bits per heavy atom. The zero-order chi connectivity index (χ0) is 37.1. The van der Waals surface area contributed by atoms with Crippen molar-refractivity contribution in [1.82, 2.24) is 20.3 Å². The van der Waals surface area contributed by atoms with Crippen LogP contribution >= 0.6 is 30.4 Å². The van der Waals surface area contributed by atoms with E-state index < -0.39 is 52.7 Å². The molecule has 0 fully saturated rings. The molecule has 1 aromatic heterocycles. The van der Waals surface area contributed by atoms with Crippen molar-refractivity contribution in [3.05, 3.63) is 12.4 Å². The third kappa shape index (κ3) is 13.6. The lowest BCUT2D eigenvalue weighted by atomic mass is 10.6. The lowest BCUT2D eigenvalue weighted by Gasteiger charge is -2.20. The molecule has 1 rings (SSSR count). The monoisotopic (exact) mass is 778 g/mol. The Hall–Kier alpha value is -1.91. The molecule has 4 N–H and O–H groups in total. The van der Waals surface area contributed by atoms with Gasteiger partial charge in [-0.2, -0.15) is 19.9 Å². The SMILES string of the molecule is C=C(/N=C(\N=C(/N)P(=O)(OCC)OCC)P(=O)(OCC)OCC)NCCNc1nc(P(=O)(OCC)OCC)nc(P(=O)(OCC)OCC)n1. The standard InChI is InChI=1S/C25H50N8O12P4/c1-10-38-46(34,39-11-2)21(26)30-23(47(35,40-12-3)41-13-4)29-20(9)27-18-19-28-22-31-24(48(36,42-14-5)43-15-6)33-25(32-22)49(37,44-16-7)45-17-8/h27H,9-19H2,1-8H3,(H2,26,29,30)(H,28,31,32,33). The second-order valence-electron chi connectivity index (χ2n) is 8.77. The van der Waals surface area contributed by atoms with Crippen molar-refractivity contribution < 1.29 is 54.5 Å². The molecule has 20 nitrogen and oxygen atoms in total. The van der Waals surface area contributed by atoms with Gasteiger partial charge < -0.3 is 52.6 Å². The highest BCUT2D eigenvalue weighted by Crippen LogP contribution is 2.53. The average molecular weight is 779 g/mol. The lowest BCUT2D eigenvalue weighted by molar-refractivity contribution is 0.227. The van der Waals surface area contributed by atoms with Gasteiger partial charge in [0.05, 0.1) is 52.9 Å². The molecule has 0 aliphatic heterocycles. The van der Waals surface area contributed by atoms with E-state index >= 15 is 0 Å². The first kappa shape index (κ1) is 45.1. The minimum Gasteiger partial charge on any atom is -0.377 e. The van der Waals surface area contributed by atoms with Gasteiger partial charge in [-0.3, -0.25) is 18.3 Å². The first-order chi connectivity index (χ1) is 23.2. The molecule has 0 amide bonds. The summed E-state index contributed by atoms with van der Waals surface area (Å²) >= 11 is 0. The van der Waals surface area contributed by atoms with Crippen LogP contribution in [0.1, 0.15) is 55.4 Å². The fourth-order valence-corrected chi connectivity index (χ4v) is 9.21. The van der Waals surface area contributed by atoms with Gasteiger partial charge in [0.1, 0.15) is 5.82 Å². The molecule has 1 heterocycles. The topological polar surface area (TPSA) is 256 Å². The van der Waals surface area contributed by atoms with Gasteiger partial charge in [0.15, 0.2) is 0 Å². The van der Waals surface area contributed by atoms with Gasteiger partial charge in [-0.25, -0.2) is 4.99 Å². The van der Waals surface area contributed by atoms with Crippen molar-refractivity contribution >= 4 is 58.6 Å². The van der Waals surface area contributed by atoms with Crippen LogP contribution in [0.15, 0.2) is 22.4 Å². The van der Waals surface area contributed by atoms with Crippen molar-refractivity contribution in [2.24, 2.45) is 15.7 Å². The highest BCUT2D eigenvalue weighted by Gasteiger charge is 2.38. The Morgan fingerprint density at radius 3 is 1.39 bits per heavy atom. The van der Waals surface area contributed by atoms with Gasteiger partial charge in [-0.1, -0.05) is 6.58 Å². The van der Waals surface area contributed by atoms with Crippen molar-refractivity contribution in [3.63, 3.8) is 0 Å². The van der Waals surface area contributed by atoms with E-state index in [1.807, 2.05) is 0 Å². The summed E-state index contributed by atoms with van der Waals surface area (Å²) in [5, 5.41) is 5.77. The molecule has 0 aliphatic rings. The van der Waals surface area contributed by atoms with Crippen LogP contribution in [-0.4, -0.2) is 92.0 Å². The van der Waals surface area contributed by atoms with E-state index in [0.717, 1.165) is 0 Å². The number of nitrogens with one attached hydrogen (secondary N) is 2. The molecule has 1 aromatic rings. The number of nitrogens with zero attached hydrogens (tertiary/aromatic N) is 5. The molecule has 0 aliphatic carbocycles. The molecule has 0 radical (unpaired) electrons. The highest BCUT2D eigenvalue weighted by atomic mass is 31.2. The second-order valence-corrected chi connectivity index (χ2v) is 16.5. The molecular formula is C25H50N8O12P4. The van der Waals surface area contributed by atoms with Crippen molar-refractivity contribution in [1.29, 1.82) is 0 Å². The zero-order valence-corrected chi connectivity index (χ0v) is 32.9. The fraction of sp³-hybridized carbons (Fsp3) is 0.720. The number of aromatic nitrogens is 3. The average Bonchev–Trinajstić information content (AvgIpc) is 3.03. The molecular weight excluding hydrogens is 728 g/mol. The summed E-state index contributed by atoms with van der Waals surface area (Å²) in [4.78, 5) is 20.7. The van der Waals surface area contributed by atoms with E-state index in [4.69, 9.17) is 41.9 Å². The molecule has 24 heteroatoms. The van der Waals surface area contributed by atoms with E-state index in [-0.39, 0.29) is 77.7 Å². The predicted molar refractivity (Wildman–Crippen MR) is 187 cm³/mol. The molecule has 0 bridgehead atoms. The van der Waals surface area contributed by atoms with Crippen LogP contribution in [0.2, 0.25) is 0 Å². The van der Waals surface area contributed by atoms with Crippen molar-refractivity contribution in [3.8, 4) is 0 Å². The van der Waals surface area contributed by atoms with Crippen LogP contribution in [0.3, 0.4) is 0 Å². The number of aliphatic imine (C=N–C) groups is 2. The van der Waals surface area contributed by atoms with Crippen molar-refractivity contribution in [2.45, 2.75) is 55.4 Å². The van der Waals surface area contributed by atoms with Crippen LogP contribution in [0, 0.1) is 0 Å². The Bertz CT molecular complexity index is 1380. The van der Waals surface area contributed by atoms with Crippen LogP contribution < -0.4 is 27.5 Å². The molecule has 49 heavy (non-hydrogen) atoms. The van der Waals surface area contributed by atoms with E-state index in [1.54, 1.807) is 55.4 Å². The van der Waals surface area contributed by atoms with Gasteiger partial charge in [0.2, 0.25) is 28.2 Å². The smallest absolute Gasteiger partial charge is 0.377 e. The van der Waals surface area contributed by atoms with E-state index in [2.05, 4.69) is 42.1 Å². The molecule has 0 saturated heterocycles. The van der Waals surface area contributed by atoms with Gasteiger partial charge >= 0.3 is 30.4 Å². The third-order valence-electron chi connectivity index (χ3n) is 5.21. The molecule has 0 spiro atoms. The summed E-state index contributed by atoms with van der Waals surface area (Å²) in [6, 6.07) is 0. The maximum atomic E-state index is 13.7. The van der Waals surface area contributed by atoms with Crippen molar-refractivity contribution in [2.75, 3.05) is 71.3 Å². The normalized spacial score (nSPS) is 13.5. The first-order valence-corrected chi connectivity index (χ1v) is 21.8. The highest BCUT2D eigenvalue weighted by molar-refractivity contribution is 7.74. The van der Waals surface area contributed by atoms with Gasteiger partial charge in [-0.05, 0) is 55.4 Å². The van der Waals surface area contributed by atoms with Crippen LogP contribution in [-0.2, 0) is 54.5 Å². The number of anilines is 1. The maximum absolute atomic E-state index is 13.7. The predicted octanol–water partition coefficient (Wildman–Crippen LogP) is 4.33. The van der Waals surface area contributed by atoms with Gasteiger partial charge in [-0.15, -0.1) is 0 Å². The van der Waals surface area contributed by atoms with E-state index in [9.17, 15) is 18.3 Å². The Kier molecular flexibility index (Phi) is 20.4. The summed E-state index contributed by atoms with van der Waals surface area (Å²) in [5.74, 6) is -0.213. The fourth-order valence-electron chi connectivity index (χ4n) is 3.52. The zero-order valence-electron chi connectivity index (χ0n) is 29.3. The quantitative estimate of drug-likeness (QED) is 0.0512. The lowest BCUT2D eigenvalue weighted by Crippen LogP contribution is -2.32. The third-order valence-corrected chi connectivity index (χ3v) is 12.7. The number of rotatable bonds is 26. The van der Waals surface area contributed by atoms with Gasteiger partial charge in [0.25, 0.3) is 0 Å². The number of nitrogens with two attached hydrogens (primary N) is 1. The maximum Gasteiger partial charge on any atom is 0.398 e. The number of amidine groups is 2. The summed E-state index contributed by atoms with van der Waals surface area (Å²) in [7, 11) is -16.4. The largest absolute Gasteiger partial charge is 0.398 e. The Labute approximate surface area is 287 Å². The molecule has 0 unspecified atom stereocenters. The molecule has 0 atom stereocenters. The molecule has 0 saturated carbocycles. The number of hydrogen-bond acceptors (Lipinski definition) is 18.